The van der Waals surface area contributed by atoms with Gasteiger partial charge in [0.05, 0.1) is 30.9 Å². The summed E-state index contributed by atoms with van der Waals surface area (Å²) in [5.41, 5.74) is 1.39. The second kappa shape index (κ2) is 11.3. The Labute approximate surface area is 188 Å². The Hall–Kier alpha value is -3.39. The van der Waals surface area contributed by atoms with Gasteiger partial charge in [0.25, 0.3) is 5.91 Å². The van der Waals surface area contributed by atoms with Crippen molar-refractivity contribution in [2.45, 2.75) is 19.8 Å². The predicted octanol–water partition coefficient (Wildman–Crippen LogP) is 2.83. The third-order valence-electron chi connectivity index (χ3n) is 5.15. The first-order valence-electron chi connectivity index (χ1n) is 10.9. The van der Waals surface area contributed by atoms with Gasteiger partial charge in [0.1, 0.15) is 5.75 Å². The number of carbonyl (C=O) groups excluding carboxylic acids is 3. The highest BCUT2D eigenvalue weighted by atomic mass is 16.5. The van der Waals surface area contributed by atoms with Crippen molar-refractivity contribution in [3.8, 4) is 5.75 Å². The molecule has 0 aromatic heterocycles. The predicted molar refractivity (Wildman–Crippen MR) is 124 cm³/mol. The zero-order valence-corrected chi connectivity index (χ0v) is 18.6. The highest BCUT2D eigenvalue weighted by Crippen LogP contribution is 2.20. The number of amides is 3. The van der Waals surface area contributed by atoms with Crippen LogP contribution in [0, 0.1) is 0 Å². The number of nitrogens with zero attached hydrogens (tertiary/aromatic N) is 2. The maximum Gasteiger partial charge on any atom is 0.257 e. The van der Waals surface area contributed by atoms with E-state index in [4.69, 9.17) is 4.74 Å². The highest BCUT2D eigenvalue weighted by Gasteiger charge is 2.20. The maximum absolute atomic E-state index is 12.8. The van der Waals surface area contributed by atoms with Crippen molar-refractivity contribution in [3.63, 3.8) is 0 Å². The summed E-state index contributed by atoms with van der Waals surface area (Å²) in [6.07, 6.45) is 2.07. The van der Waals surface area contributed by atoms with E-state index in [1.54, 1.807) is 60.5 Å². The number of hydrogen-bond donors (Lipinski definition) is 2. The molecule has 1 fully saturated rings. The number of carbonyl (C=O) groups is 3. The van der Waals surface area contributed by atoms with Gasteiger partial charge in [0.15, 0.2) is 0 Å². The van der Waals surface area contributed by atoms with Crippen LogP contribution in [0.15, 0.2) is 48.5 Å². The molecule has 2 N–H and O–H groups in total. The van der Waals surface area contributed by atoms with Gasteiger partial charge < -0.3 is 20.3 Å². The molecule has 0 atom stereocenters. The van der Waals surface area contributed by atoms with E-state index in [9.17, 15) is 14.4 Å². The molecule has 0 bridgehead atoms. The molecule has 170 valence electrons. The van der Waals surface area contributed by atoms with Crippen LogP contribution in [-0.4, -0.2) is 67.4 Å². The van der Waals surface area contributed by atoms with E-state index < -0.39 is 0 Å². The second-order valence-corrected chi connectivity index (χ2v) is 7.77. The molecule has 3 amide bonds. The molecule has 1 heterocycles. The average molecular weight is 439 g/mol. The normalized spacial score (nSPS) is 13.2. The minimum Gasteiger partial charge on any atom is -0.494 e. The summed E-state index contributed by atoms with van der Waals surface area (Å²) in [5.74, 6) is 0.143. The van der Waals surface area contributed by atoms with Crippen molar-refractivity contribution in [1.82, 2.24) is 9.80 Å². The zero-order valence-electron chi connectivity index (χ0n) is 18.6. The summed E-state index contributed by atoms with van der Waals surface area (Å²) in [6, 6.07) is 13.9. The summed E-state index contributed by atoms with van der Waals surface area (Å²) in [5, 5.41) is 5.62. The largest absolute Gasteiger partial charge is 0.494 e. The van der Waals surface area contributed by atoms with E-state index in [0.29, 0.717) is 23.5 Å². The number of para-hydroxylation sites is 1. The maximum atomic E-state index is 12.8. The highest BCUT2D eigenvalue weighted by molar-refractivity contribution is 6.10. The van der Waals surface area contributed by atoms with Crippen LogP contribution >= 0.6 is 0 Å². The molecule has 0 aliphatic carbocycles. The van der Waals surface area contributed by atoms with Gasteiger partial charge in [-0.2, -0.15) is 0 Å². The molecule has 32 heavy (non-hydrogen) atoms. The van der Waals surface area contributed by atoms with Gasteiger partial charge in [0.2, 0.25) is 11.8 Å². The minimum atomic E-state index is -0.331. The van der Waals surface area contributed by atoms with Gasteiger partial charge in [-0.3, -0.25) is 19.3 Å². The van der Waals surface area contributed by atoms with Gasteiger partial charge in [-0.05, 0) is 63.2 Å². The first kappa shape index (κ1) is 23.3. The van der Waals surface area contributed by atoms with Gasteiger partial charge in [-0.15, -0.1) is 0 Å². The van der Waals surface area contributed by atoms with Gasteiger partial charge in [-0.25, -0.2) is 0 Å². The Morgan fingerprint density at radius 1 is 0.969 bits per heavy atom. The summed E-state index contributed by atoms with van der Waals surface area (Å²) in [7, 11) is 1.73. The fourth-order valence-electron chi connectivity index (χ4n) is 3.58. The van der Waals surface area contributed by atoms with E-state index in [1.165, 1.54) is 0 Å². The topological polar surface area (TPSA) is 91.0 Å². The molecular weight excluding hydrogens is 408 g/mol. The summed E-state index contributed by atoms with van der Waals surface area (Å²) < 4.78 is 5.41. The Balaban J connectivity index is 1.57. The van der Waals surface area contributed by atoms with Crippen molar-refractivity contribution in [1.29, 1.82) is 0 Å². The van der Waals surface area contributed by atoms with E-state index >= 15 is 0 Å². The van der Waals surface area contributed by atoms with Gasteiger partial charge >= 0.3 is 0 Å². The summed E-state index contributed by atoms with van der Waals surface area (Å²) in [4.78, 5) is 41.1. The third-order valence-corrected chi connectivity index (χ3v) is 5.15. The molecule has 0 spiro atoms. The Morgan fingerprint density at radius 2 is 1.66 bits per heavy atom. The first-order valence-corrected chi connectivity index (χ1v) is 10.9. The Bertz CT molecular complexity index is 939. The van der Waals surface area contributed by atoms with Crippen LogP contribution in [0.2, 0.25) is 0 Å². The van der Waals surface area contributed by atoms with Gasteiger partial charge in [0, 0.05) is 18.8 Å². The third kappa shape index (κ3) is 6.55. The molecule has 8 nitrogen and oxygen atoms in total. The van der Waals surface area contributed by atoms with Gasteiger partial charge in [-0.1, -0.05) is 12.1 Å². The fourth-order valence-corrected chi connectivity index (χ4v) is 3.58. The van der Waals surface area contributed by atoms with Crippen LogP contribution in [0.4, 0.5) is 11.4 Å². The molecule has 0 unspecified atom stereocenters. The number of nitrogens with one attached hydrogen (secondary N) is 2. The standard InChI is InChI=1S/C24H30N4O4/c1-3-32-19-12-10-18(11-13-19)25-24(31)20-8-4-5-9-21(20)26-22(29)16-27(2)17-23(30)28-14-6-7-15-28/h4-5,8-13H,3,6-7,14-17H2,1-2H3,(H,25,31)(H,26,29). The number of ether oxygens (including phenoxy) is 1. The van der Waals surface area contributed by atoms with Crippen molar-refractivity contribution in [2.24, 2.45) is 0 Å². The second-order valence-electron chi connectivity index (χ2n) is 7.77. The molecule has 0 radical (unpaired) electrons. The van der Waals surface area contributed by atoms with Crippen molar-refractivity contribution < 1.29 is 19.1 Å². The lowest BCUT2D eigenvalue weighted by Crippen LogP contribution is -2.40. The smallest absolute Gasteiger partial charge is 0.257 e. The van der Waals surface area contributed by atoms with Crippen molar-refractivity contribution in [3.05, 3.63) is 54.1 Å². The van der Waals surface area contributed by atoms with E-state index in [-0.39, 0.29) is 30.8 Å². The van der Waals surface area contributed by atoms with E-state index in [1.807, 2.05) is 11.8 Å². The van der Waals surface area contributed by atoms with E-state index in [0.717, 1.165) is 31.7 Å². The first-order chi connectivity index (χ1) is 15.5. The summed E-state index contributed by atoms with van der Waals surface area (Å²) in [6.45, 7) is 4.29. The average Bonchev–Trinajstić information content (AvgIpc) is 3.30. The number of benzene rings is 2. The zero-order chi connectivity index (χ0) is 22.9. The van der Waals surface area contributed by atoms with Crippen molar-refractivity contribution >= 4 is 29.1 Å². The van der Waals surface area contributed by atoms with Crippen LogP contribution in [0.25, 0.3) is 0 Å². The number of anilines is 2. The van der Waals surface area contributed by atoms with Crippen LogP contribution in [0.1, 0.15) is 30.1 Å². The molecule has 1 aliphatic rings. The molecule has 2 aromatic rings. The molecule has 8 heteroatoms. The van der Waals surface area contributed by atoms with Crippen molar-refractivity contribution in [2.75, 3.05) is 50.5 Å². The molecular formula is C24H30N4O4. The van der Waals surface area contributed by atoms with Crippen LogP contribution in [0.5, 0.6) is 5.75 Å². The summed E-state index contributed by atoms with van der Waals surface area (Å²) >= 11 is 0. The monoisotopic (exact) mass is 438 g/mol. The fraction of sp³-hybridized carbons (Fsp3) is 0.375. The lowest BCUT2D eigenvalue weighted by atomic mass is 10.1. The quantitative estimate of drug-likeness (QED) is 0.628. The number of hydrogen-bond acceptors (Lipinski definition) is 5. The molecule has 1 saturated heterocycles. The lowest BCUT2D eigenvalue weighted by molar-refractivity contribution is -0.131. The number of likely N-dealkylation sites (N-methyl/N-ethyl adjacent to an activating group) is 1. The molecule has 1 aliphatic heterocycles. The number of rotatable bonds is 9. The van der Waals surface area contributed by atoms with Crippen LogP contribution in [-0.2, 0) is 9.59 Å². The molecule has 2 aromatic carbocycles. The lowest BCUT2D eigenvalue weighted by Gasteiger charge is -2.21. The number of likely N-dealkylation sites (tertiary alicyclic amines) is 1. The Morgan fingerprint density at radius 3 is 2.34 bits per heavy atom. The van der Waals surface area contributed by atoms with E-state index in [2.05, 4.69) is 10.6 Å². The molecule has 3 rings (SSSR count). The minimum absolute atomic E-state index is 0.0351. The molecule has 0 saturated carbocycles. The SMILES string of the molecule is CCOc1ccc(NC(=O)c2ccccc2NC(=O)CN(C)CC(=O)N2CCCC2)cc1. The Kier molecular flexibility index (Phi) is 8.21. The van der Waals surface area contributed by atoms with Crippen LogP contribution < -0.4 is 15.4 Å². The van der Waals surface area contributed by atoms with Crippen LogP contribution in [0.3, 0.4) is 0 Å².